The molecular formula is C17H22N2O. The Morgan fingerprint density at radius 3 is 2.80 bits per heavy atom. The summed E-state index contributed by atoms with van der Waals surface area (Å²) in [5.74, 6) is 0.947. The van der Waals surface area contributed by atoms with Gasteiger partial charge in [-0.15, -0.1) is 0 Å². The molecule has 1 aromatic heterocycles. The van der Waals surface area contributed by atoms with Crippen LogP contribution in [-0.4, -0.2) is 18.6 Å². The Kier molecular flexibility index (Phi) is 5.13. The molecule has 0 aliphatic heterocycles. The van der Waals surface area contributed by atoms with Gasteiger partial charge in [0.2, 0.25) is 0 Å². The third kappa shape index (κ3) is 3.81. The van der Waals surface area contributed by atoms with E-state index < -0.39 is 0 Å². The first-order valence-electron chi connectivity index (χ1n) is 6.98. The zero-order chi connectivity index (χ0) is 14.4. The Bertz CT molecular complexity index is 540. The van der Waals surface area contributed by atoms with E-state index in [0.717, 1.165) is 24.4 Å². The van der Waals surface area contributed by atoms with E-state index >= 15 is 0 Å². The van der Waals surface area contributed by atoms with Crippen LogP contribution in [0.25, 0.3) is 0 Å². The number of hydrogen-bond donors (Lipinski definition) is 1. The first-order chi connectivity index (χ1) is 9.70. The van der Waals surface area contributed by atoms with E-state index in [9.17, 15) is 0 Å². The number of aryl methyl sites for hydroxylation is 1. The van der Waals surface area contributed by atoms with E-state index in [1.807, 2.05) is 18.3 Å². The number of benzene rings is 1. The number of aromatic nitrogens is 1. The number of rotatable bonds is 6. The Hall–Kier alpha value is -1.87. The summed E-state index contributed by atoms with van der Waals surface area (Å²) in [5, 5.41) is 3.52. The summed E-state index contributed by atoms with van der Waals surface area (Å²) in [7, 11) is 1.72. The van der Waals surface area contributed by atoms with Gasteiger partial charge in [0.05, 0.1) is 7.11 Å². The molecule has 3 heteroatoms. The second-order valence-electron chi connectivity index (χ2n) is 4.99. The van der Waals surface area contributed by atoms with Crippen molar-refractivity contribution in [1.29, 1.82) is 0 Å². The van der Waals surface area contributed by atoms with Gasteiger partial charge in [0.15, 0.2) is 0 Å². The number of methoxy groups -OCH3 is 1. The van der Waals surface area contributed by atoms with Crippen molar-refractivity contribution in [2.24, 2.45) is 0 Å². The van der Waals surface area contributed by atoms with Gasteiger partial charge in [-0.25, -0.2) is 0 Å². The molecule has 2 rings (SSSR count). The fourth-order valence-corrected chi connectivity index (χ4v) is 2.25. The summed E-state index contributed by atoms with van der Waals surface area (Å²) >= 11 is 0. The summed E-state index contributed by atoms with van der Waals surface area (Å²) in [6.45, 7) is 5.13. The van der Waals surface area contributed by atoms with Crippen LogP contribution in [0.15, 0.2) is 42.6 Å². The molecule has 0 aliphatic rings. The summed E-state index contributed by atoms with van der Waals surface area (Å²) < 4.78 is 5.46. The molecule has 1 heterocycles. The van der Waals surface area contributed by atoms with Crippen LogP contribution in [0, 0.1) is 6.92 Å². The highest BCUT2D eigenvalue weighted by Gasteiger charge is 2.10. The van der Waals surface area contributed by atoms with Crippen molar-refractivity contribution in [3.63, 3.8) is 0 Å². The Balaban J connectivity index is 1.93. The first kappa shape index (κ1) is 14.5. The molecule has 0 saturated carbocycles. The van der Waals surface area contributed by atoms with Crippen molar-refractivity contribution < 1.29 is 4.74 Å². The van der Waals surface area contributed by atoms with Gasteiger partial charge >= 0.3 is 0 Å². The molecule has 0 aliphatic carbocycles. The zero-order valence-electron chi connectivity index (χ0n) is 12.4. The molecule has 106 valence electrons. The lowest BCUT2D eigenvalue weighted by atomic mass is 10.0. The fourth-order valence-electron chi connectivity index (χ4n) is 2.25. The smallest absolute Gasteiger partial charge is 0.123 e. The fraction of sp³-hybridized carbons (Fsp3) is 0.353. The van der Waals surface area contributed by atoms with Crippen LogP contribution < -0.4 is 10.1 Å². The highest BCUT2D eigenvalue weighted by molar-refractivity contribution is 5.39. The molecule has 0 radical (unpaired) electrons. The monoisotopic (exact) mass is 270 g/mol. The largest absolute Gasteiger partial charge is 0.496 e. The molecule has 2 aromatic rings. The van der Waals surface area contributed by atoms with Gasteiger partial charge in [-0.1, -0.05) is 18.2 Å². The van der Waals surface area contributed by atoms with Gasteiger partial charge in [-0.05, 0) is 37.6 Å². The quantitative estimate of drug-likeness (QED) is 0.874. The number of ether oxygens (including phenoxy) is 1. The van der Waals surface area contributed by atoms with Crippen LogP contribution >= 0.6 is 0 Å². The van der Waals surface area contributed by atoms with Crippen LogP contribution in [0.1, 0.15) is 29.8 Å². The van der Waals surface area contributed by atoms with E-state index in [4.69, 9.17) is 4.74 Å². The molecule has 1 N–H and O–H groups in total. The van der Waals surface area contributed by atoms with E-state index in [0.29, 0.717) is 0 Å². The third-order valence-electron chi connectivity index (χ3n) is 3.41. The van der Waals surface area contributed by atoms with Gasteiger partial charge in [-0.2, -0.15) is 0 Å². The van der Waals surface area contributed by atoms with Crippen LogP contribution in [0.4, 0.5) is 0 Å². The topological polar surface area (TPSA) is 34.1 Å². The average molecular weight is 270 g/mol. The Morgan fingerprint density at radius 1 is 1.25 bits per heavy atom. The van der Waals surface area contributed by atoms with Crippen LogP contribution in [0.3, 0.4) is 0 Å². The minimum absolute atomic E-state index is 0.259. The molecule has 0 saturated heterocycles. The second kappa shape index (κ2) is 7.06. The van der Waals surface area contributed by atoms with Crippen molar-refractivity contribution in [2.75, 3.05) is 13.7 Å². The number of hydrogen-bond acceptors (Lipinski definition) is 3. The number of nitrogens with zero attached hydrogens (tertiary/aromatic N) is 1. The highest BCUT2D eigenvalue weighted by atomic mass is 16.5. The predicted octanol–water partition coefficient (Wildman–Crippen LogP) is 3.29. The normalized spacial score (nSPS) is 12.2. The molecule has 0 spiro atoms. The summed E-state index contributed by atoms with van der Waals surface area (Å²) in [4.78, 5) is 4.33. The average Bonchev–Trinajstić information content (AvgIpc) is 2.48. The van der Waals surface area contributed by atoms with E-state index in [-0.39, 0.29) is 6.04 Å². The number of nitrogens with one attached hydrogen (secondary N) is 1. The summed E-state index contributed by atoms with van der Waals surface area (Å²) in [6.07, 6.45) is 2.76. The molecule has 3 nitrogen and oxygen atoms in total. The van der Waals surface area contributed by atoms with Gasteiger partial charge in [0, 0.05) is 36.5 Å². The molecule has 0 bridgehead atoms. The predicted molar refractivity (Wildman–Crippen MR) is 82.1 cm³/mol. The lowest BCUT2D eigenvalue weighted by molar-refractivity contribution is 0.401. The van der Waals surface area contributed by atoms with Gasteiger partial charge < -0.3 is 10.1 Å². The number of pyridine rings is 1. The highest BCUT2D eigenvalue weighted by Crippen LogP contribution is 2.25. The standard InChI is InChI=1S/C17H22N2O/c1-13-7-8-16(17(12-13)20-3)14(2)18-11-9-15-6-4-5-10-19-15/h4-8,10,12,14,18H,9,11H2,1-3H3. The third-order valence-corrected chi connectivity index (χ3v) is 3.41. The van der Waals surface area contributed by atoms with E-state index in [1.54, 1.807) is 7.11 Å². The zero-order valence-corrected chi connectivity index (χ0v) is 12.4. The summed E-state index contributed by atoms with van der Waals surface area (Å²) in [6, 6.07) is 12.6. The Morgan fingerprint density at radius 2 is 2.10 bits per heavy atom. The van der Waals surface area contributed by atoms with Crippen molar-refractivity contribution in [3.05, 3.63) is 59.4 Å². The minimum atomic E-state index is 0.259. The molecule has 20 heavy (non-hydrogen) atoms. The van der Waals surface area contributed by atoms with Gasteiger partial charge in [-0.3, -0.25) is 4.98 Å². The van der Waals surface area contributed by atoms with Crippen LogP contribution in [-0.2, 0) is 6.42 Å². The second-order valence-corrected chi connectivity index (χ2v) is 4.99. The molecular weight excluding hydrogens is 248 g/mol. The minimum Gasteiger partial charge on any atom is -0.496 e. The lowest BCUT2D eigenvalue weighted by Gasteiger charge is -2.17. The summed E-state index contributed by atoms with van der Waals surface area (Å²) in [5.41, 5.74) is 3.52. The van der Waals surface area contributed by atoms with Crippen molar-refractivity contribution in [1.82, 2.24) is 10.3 Å². The van der Waals surface area contributed by atoms with Gasteiger partial charge in [0.25, 0.3) is 0 Å². The van der Waals surface area contributed by atoms with Crippen LogP contribution in [0.5, 0.6) is 5.75 Å². The van der Waals surface area contributed by atoms with E-state index in [2.05, 4.69) is 48.4 Å². The van der Waals surface area contributed by atoms with E-state index in [1.165, 1.54) is 11.1 Å². The SMILES string of the molecule is COc1cc(C)ccc1C(C)NCCc1ccccn1. The molecule has 0 fully saturated rings. The van der Waals surface area contributed by atoms with Crippen molar-refractivity contribution >= 4 is 0 Å². The molecule has 1 atom stereocenters. The van der Waals surface area contributed by atoms with Crippen LogP contribution in [0.2, 0.25) is 0 Å². The molecule has 1 unspecified atom stereocenters. The maximum Gasteiger partial charge on any atom is 0.123 e. The first-order valence-corrected chi connectivity index (χ1v) is 6.98. The van der Waals surface area contributed by atoms with Crippen molar-refractivity contribution in [3.8, 4) is 5.75 Å². The maximum atomic E-state index is 5.46. The lowest BCUT2D eigenvalue weighted by Crippen LogP contribution is -2.22. The van der Waals surface area contributed by atoms with Gasteiger partial charge in [0.1, 0.15) is 5.75 Å². The molecule has 1 aromatic carbocycles. The maximum absolute atomic E-state index is 5.46. The Labute approximate surface area is 121 Å². The molecule has 0 amide bonds. The van der Waals surface area contributed by atoms with Crippen molar-refractivity contribution in [2.45, 2.75) is 26.3 Å².